The van der Waals surface area contributed by atoms with Gasteiger partial charge in [-0.2, -0.15) is 0 Å². The van der Waals surface area contributed by atoms with Gasteiger partial charge in [-0.25, -0.2) is 0 Å². The zero-order valence-corrected chi connectivity index (χ0v) is 11.3. The molecule has 1 aromatic rings. The van der Waals surface area contributed by atoms with Gasteiger partial charge in [0.1, 0.15) is 5.75 Å². The number of piperazine rings is 1. The Hall–Kier alpha value is -1.88. The number of likely N-dealkylation sites (N-methyl/N-ethyl adjacent to an activating group) is 1. The molecule has 0 saturated carbocycles. The molecule has 5 nitrogen and oxygen atoms in total. The maximum absolute atomic E-state index is 12.3. The third kappa shape index (κ3) is 3.54. The fourth-order valence-corrected chi connectivity index (χ4v) is 2.05. The quantitative estimate of drug-likeness (QED) is 0.589. The lowest BCUT2D eigenvalue weighted by Gasteiger charge is -2.32. The summed E-state index contributed by atoms with van der Waals surface area (Å²) in [5.74, 6) is 0.0128. The van der Waals surface area contributed by atoms with Crippen LogP contribution in [0.1, 0.15) is 17.3 Å². The van der Waals surface area contributed by atoms with Crippen molar-refractivity contribution in [2.75, 3.05) is 33.2 Å². The van der Waals surface area contributed by atoms with Gasteiger partial charge in [0.05, 0.1) is 0 Å². The number of hydrogen-bond acceptors (Lipinski definition) is 4. The zero-order valence-electron chi connectivity index (χ0n) is 11.3. The lowest BCUT2D eigenvalue weighted by molar-refractivity contribution is -0.131. The maximum atomic E-state index is 12.3. The summed E-state index contributed by atoms with van der Waals surface area (Å²) < 4.78 is 4.99. The van der Waals surface area contributed by atoms with Crippen LogP contribution in [0.3, 0.4) is 0 Å². The number of hydrogen-bond donors (Lipinski definition) is 0. The molecule has 0 radical (unpaired) electrons. The van der Waals surface area contributed by atoms with Crippen LogP contribution < -0.4 is 4.74 Å². The minimum atomic E-state index is -0.385. The average molecular weight is 262 g/mol. The van der Waals surface area contributed by atoms with Crippen molar-refractivity contribution >= 4 is 11.9 Å². The minimum absolute atomic E-state index is 0.0119. The van der Waals surface area contributed by atoms with E-state index in [0.29, 0.717) is 11.3 Å². The Balaban J connectivity index is 2.08. The highest BCUT2D eigenvalue weighted by atomic mass is 16.5. The van der Waals surface area contributed by atoms with Crippen LogP contribution in [0.15, 0.2) is 24.3 Å². The Morgan fingerprint density at radius 1 is 1.16 bits per heavy atom. The smallest absolute Gasteiger partial charge is 0.308 e. The molecule has 1 fully saturated rings. The molecule has 0 unspecified atom stereocenters. The van der Waals surface area contributed by atoms with E-state index in [0.717, 1.165) is 26.2 Å². The van der Waals surface area contributed by atoms with Crippen LogP contribution in [0, 0.1) is 0 Å². The summed E-state index contributed by atoms with van der Waals surface area (Å²) in [4.78, 5) is 27.2. The number of amides is 1. The molecule has 1 aliphatic heterocycles. The largest absolute Gasteiger partial charge is 0.427 e. The molecule has 102 valence electrons. The maximum Gasteiger partial charge on any atom is 0.308 e. The van der Waals surface area contributed by atoms with Crippen molar-refractivity contribution in [3.63, 3.8) is 0 Å². The summed E-state index contributed by atoms with van der Waals surface area (Å²) in [6.07, 6.45) is 0. The van der Waals surface area contributed by atoms with Crippen LogP contribution in [-0.4, -0.2) is 54.9 Å². The van der Waals surface area contributed by atoms with Gasteiger partial charge in [-0.1, -0.05) is 6.07 Å². The molecular formula is C14H18N2O3. The molecule has 1 aromatic carbocycles. The highest BCUT2D eigenvalue weighted by Crippen LogP contribution is 2.16. The van der Waals surface area contributed by atoms with Crippen LogP contribution in [0.25, 0.3) is 0 Å². The molecule has 2 rings (SSSR count). The molecule has 0 aromatic heterocycles. The van der Waals surface area contributed by atoms with Crippen LogP contribution in [0.5, 0.6) is 5.75 Å². The van der Waals surface area contributed by atoms with Crippen molar-refractivity contribution in [3.8, 4) is 5.75 Å². The number of nitrogens with zero attached hydrogens (tertiary/aromatic N) is 2. The van der Waals surface area contributed by atoms with E-state index in [1.807, 2.05) is 11.9 Å². The molecule has 1 amide bonds. The zero-order chi connectivity index (χ0) is 13.8. The number of ether oxygens (including phenoxy) is 1. The van der Waals surface area contributed by atoms with Crippen molar-refractivity contribution in [2.24, 2.45) is 0 Å². The predicted octanol–water partition coefficient (Wildman–Crippen LogP) is 0.999. The van der Waals surface area contributed by atoms with Gasteiger partial charge < -0.3 is 14.5 Å². The van der Waals surface area contributed by atoms with Gasteiger partial charge in [-0.15, -0.1) is 0 Å². The van der Waals surface area contributed by atoms with Crippen molar-refractivity contribution in [1.82, 2.24) is 9.80 Å². The van der Waals surface area contributed by atoms with Gasteiger partial charge in [0, 0.05) is 38.7 Å². The van der Waals surface area contributed by atoms with Crippen LogP contribution in [0.2, 0.25) is 0 Å². The standard InChI is InChI=1S/C14H18N2O3/c1-11(17)19-13-5-3-4-12(10-13)14(18)16-8-6-15(2)7-9-16/h3-5,10H,6-9H2,1-2H3. The SMILES string of the molecule is CC(=O)Oc1cccc(C(=O)N2CCN(C)CC2)c1. The Kier molecular flexibility index (Phi) is 4.16. The highest BCUT2D eigenvalue weighted by molar-refractivity contribution is 5.94. The molecule has 19 heavy (non-hydrogen) atoms. The molecule has 5 heteroatoms. The van der Waals surface area contributed by atoms with Crippen molar-refractivity contribution < 1.29 is 14.3 Å². The lowest BCUT2D eigenvalue weighted by Crippen LogP contribution is -2.47. The fraction of sp³-hybridized carbons (Fsp3) is 0.429. The van der Waals surface area contributed by atoms with E-state index in [9.17, 15) is 9.59 Å². The van der Waals surface area contributed by atoms with Gasteiger partial charge in [0.15, 0.2) is 0 Å². The van der Waals surface area contributed by atoms with Crippen molar-refractivity contribution in [1.29, 1.82) is 0 Å². The molecule has 0 aliphatic carbocycles. The first-order valence-electron chi connectivity index (χ1n) is 6.32. The third-order valence-corrected chi connectivity index (χ3v) is 3.13. The van der Waals surface area contributed by atoms with Crippen LogP contribution >= 0.6 is 0 Å². The number of esters is 1. The van der Waals surface area contributed by atoms with E-state index in [1.54, 1.807) is 24.3 Å². The molecule has 0 N–H and O–H groups in total. The summed E-state index contributed by atoms with van der Waals surface area (Å²) in [7, 11) is 2.04. The van der Waals surface area contributed by atoms with Gasteiger partial charge in [-0.3, -0.25) is 9.59 Å². The first kappa shape index (κ1) is 13.5. The molecule has 1 heterocycles. The van der Waals surface area contributed by atoms with E-state index in [4.69, 9.17) is 4.74 Å². The van der Waals surface area contributed by atoms with E-state index < -0.39 is 0 Å². The summed E-state index contributed by atoms with van der Waals surface area (Å²) in [6.45, 7) is 4.57. The molecule has 0 atom stereocenters. The van der Waals surface area contributed by atoms with Crippen molar-refractivity contribution in [3.05, 3.63) is 29.8 Å². The van der Waals surface area contributed by atoms with E-state index >= 15 is 0 Å². The first-order valence-corrected chi connectivity index (χ1v) is 6.32. The number of benzene rings is 1. The lowest BCUT2D eigenvalue weighted by atomic mass is 10.1. The predicted molar refractivity (Wildman–Crippen MR) is 71.2 cm³/mol. The summed E-state index contributed by atoms with van der Waals surface area (Å²) >= 11 is 0. The van der Waals surface area contributed by atoms with E-state index in [-0.39, 0.29) is 11.9 Å². The Morgan fingerprint density at radius 3 is 2.47 bits per heavy atom. The molecule has 0 spiro atoms. The molecule has 0 bridgehead atoms. The normalized spacial score (nSPS) is 16.2. The van der Waals surface area contributed by atoms with Gasteiger partial charge in [0.25, 0.3) is 5.91 Å². The van der Waals surface area contributed by atoms with E-state index in [2.05, 4.69) is 4.90 Å². The second kappa shape index (κ2) is 5.84. The third-order valence-electron chi connectivity index (χ3n) is 3.13. The Labute approximate surface area is 112 Å². The van der Waals surface area contributed by atoms with Crippen LogP contribution in [-0.2, 0) is 4.79 Å². The molecule has 1 aliphatic rings. The highest BCUT2D eigenvalue weighted by Gasteiger charge is 2.20. The van der Waals surface area contributed by atoms with Crippen LogP contribution in [0.4, 0.5) is 0 Å². The van der Waals surface area contributed by atoms with Gasteiger partial charge in [0.2, 0.25) is 0 Å². The number of rotatable bonds is 2. The Morgan fingerprint density at radius 2 is 1.84 bits per heavy atom. The van der Waals surface area contributed by atoms with Gasteiger partial charge in [-0.05, 0) is 25.2 Å². The fourth-order valence-electron chi connectivity index (χ4n) is 2.05. The second-order valence-electron chi connectivity index (χ2n) is 4.72. The molecule has 1 saturated heterocycles. The average Bonchev–Trinajstić information content (AvgIpc) is 2.38. The topological polar surface area (TPSA) is 49.9 Å². The first-order chi connectivity index (χ1) is 9.06. The minimum Gasteiger partial charge on any atom is -0.427 e. The molecular weight excluding hydrogens is 244 g/mol. The Bertz CT molecular complexity index is 479. The monoisotopic (exact) mass is 262 g/mol. The number of carbonyl (C=O) groups excluding carboxylic acids is 2. The second-order valence-corrected chi connectivity index (χ2v) is 4.72. The summed E-state index contributed by atoms with van der Waals surface area (Å²) in [5, 5.41) is 0. The van der Waals surface area contributed by atoms with Gasteiger partial charge >= 0.3 is 5.97 Å². The van der Waals surface area contributed by atoms with E-state index in [1.165, 1.54) is 6.92 Å². The van der Waals surface area contributed by atoms with Crippen molar-refractivity contribution in [2.45, 2.75) is 6.92 Å². The summed E-state index contributed by atoms with van der Waals surface area (Å²) in [6, 6.07) is 6.75. The number of carbonyl (C=O) groups is 2. The summed E-state index contributed by atoms with van der Waals surface area (Å²) in [5.41, 5.74) is 0.559.